The Hall–Kier alpha value is -2.64. The molecule has 236 valence electrons. The van der Waals surface area contributed by atoms with E-state index in [1.807, 2.05) is 44.2 Å². The molecule has 2 aromatic carbocycles. The number of ether oxygens (including phenoxy) is 3. The van der Waals surface area contributed by atoms with Crippen molar-refractivity contribution >= 4 is 33.0 Å². The number of hydrogen-bond acceptors (Lipinski definition) is 9. The number of aliphatic hydroxyl groups excluding tert-OH is 1. The number of esters is 1. The smallest absolute Gasteiger partial charge is 0.306 e. The van der Waals surface area contributed by atoms with Crippen molar-refractivity contribution < 1.29 is 37.3 Å². The van der Waals surface area contributed by atoms with E-state index in [2.05, 4.69) is 5.32 Å². The van der Waals surface area contributed by atoms with Crippen LogP contribution in [0.25, 0.3) is 0 Å². The summed E-state index contributed by atoms with van der Waals surface area (Å²) >= 11 is 1.14. The second-order valence-electron chi connectivity index (χ2n) is 11.4. The van der Waals surface area contributed by atoms with Crippen molar-refractivity contribution in [1.29, 1.82) is 0 Å². The van der Waals surface area contributed by atoms with E-state index in [-0.39, 0.29) is 48.2 Å². The molecule has 1 unspecified atom stereocenters. The molecule has 2 N–H and O–H groups in total. The molecule has 0 saturated carbocycles. The van der Waals surface area contributed by atoms with Crippen molar-refractivity contribution in [2.45, 2.75) is 69.3 Å². The fourth-order valence-corrected chi connectivity index (χ4v) is 7.53. The third-order valence-corrected chi connectivity index (χ3v) is 10.1. The maximum absolute atomic E-state index is 13.9. The number of benzene rings is 2. The van der Waals surface area contributed by atoms with E-state index in [0.29, 0.717) is 24.5 Å². The van der Waals surface area contributed by atoms with Crippen molar-refractivity contribution in [3.05, 3.63) is 60.2 Å². The number of rotatable bonds is 15. The molecule has 2 aromatic rings. The lowest BCUT2D eigenvalue weighted by Crippen LogP contribution is -2.43. The third kappa shape index (κ3) is 10.2. The number of sulfonamides is 1. The van der Waals surface area contributed by atoms with E-state index < -0.39 is 34.3 Å². The number of hydrogen-bond donors (Lipinski definition) is 2. The first-order chi connectivity index (χ1) is 20.6. The van der Waals surface area contributed by atoms with E-state index in [0.717, 1.165) is 36.6 Å². The summed E-state index contributed by atoms with van der Waals surface area (Å²) in [6, 6.07) is 15.5. The van der Waals surface area contributed by atoms with Crippen LogP contribution < -0.4 is 10.1 Å². The third-order valence-electron chi connectivity index (χ3n) is 7.31. The fraction of sp³-hybridized carbons (Fsp3) is 0.548. The van der Waals surface area contributed by atoms with Crippen LogP contribution in [0.4, 0.5) is 4.79 Å². The van der Waals surface area contributed by atoms with Crippen molar-refractivity contribution in [3.63, 3.8) is 0 Å². The molecule has 12 heteroatoms. The van der Waals surface area contributed by atoms with Gasteiger partial charge in [0.05, 0.1) is 30.1 Å². The SMILES string of the molecule is CC(C)CN(C[C@@H](O)[C@@H](CC(=O)OC[C@H]1CSC(=O)N1)Cc1ccccc1)S(=O)(=O)c1cccc(OC2CCCCO2)c1. The summed E-state index contributed by atoms with van der Waals surface area (Å²) in [6.07, 6.45) is 1.37. The summed E-state index contributed by atoms with van der Waals surface area (Å²) in [6.45, 7) is 4.46. The average molecular weight is 635 g/mol. The van der Waals surface area contributed by atoms with Gasteiger partial charge in [0.25, 0.3) is 5.24 Å². The molecule has 0 aromatic heterocycles. The second kappa shape index (κ2) is 15.9. The quantitative estimate of drug-likeness (QED) is 0.277. The van der Waals surface area contributed by atoms with Crippen LogP contribution in [0, 0.1) is 11.8 Å². The fourth-order valence-electron chi connectivity index (χ4n) is 5.09. The number of nitrogens with zero attached hydrogens (tertiary/aromatic N) is 1. The first kappa shape index (κ1) is 33.3. The van der Waals surface area contributed by atoms with Crippen molar-refractivity contribution in [2.75, 3.05) is 32.1 Å². The van der Waals surface area contributed by atoms with Crippen LogP contribution in [0.1, 0.15) is 45.1 Å². The standard InChI is InChI=1S/C31H42N2O8S2/c1-22(2)18-33(43(37,38)27-12-8-11-26(17-27)41-30-13-6-7-14-39-30)19-28(34)24(15-23-9-4-3-5-10-23)16-29(35)40-20-25-21-42-31(36)32-25/h3-5,8-12,17,22,24-25,28,30,34H,6-7,13-16,18-21H2,1-2H3,(H,32,36)/t24-,25+,28-,30?/m1/s1. The van der Waals surface area contributed by atoms with Gasteiger partial charge in [0.1, 0.15) is 12.4 Å². The topological polar surface area (TPSA) is 131 Å². The Bertz CT molecular complexity index is 1300. The lowest BCUT2D eigenvalue weighted by Gasteiger charge is -2.30. The minimum Gasteiger partial charge on any atom is -0.465 e. The van der Waals surface area contributed by atoms with Crippen LogP contribution in [-0.4, -0.2) is 79.5 Å². The van der Waals surface area contributed by atoms with Crippen LogP contribution in [0.2, 0.25) is 0 Å². The Morgan fingerprint density at radius 1 is 1.14 bits per heavy atom. The molecule has 2 fully saturated rings. The molecule has 43 heavy (non-hydrogen) atoms. The molecule has 0 radical (unpaired) electrons. The molecule has 0 aliphatic carbocycles. The van der Waals surface area contributed by atoms with E-state index in [4.69, 9.17) is 14.2 Å². The first-order valence-corrected chi connectivity index (χ1v) is 17.2. The Morgan fingerprint density at radius 3 is 2.60 bits per heavy atom. The zero-order chi connectivity index (χ0) is 30.8. The summed E-state index contributed by atoms with van der Waals surface area (Å²) in [5.74, 6) is -0.220. The van der Waals surface area contributed by atoms with Crippen molar-refractivity contribution in [2.24, 2.45) is 11.8 Å². The minimum absolute atomic E-state index is 0.0194. The Morgan fingerprint density at radius 2 is 1.93 bits per heavy atom. The van der Waals surface area contributed by atoms with Gasteiger partial charge >= 0.3 is 5.97 Å². The molecule has 4 atom stereocenters. The van der Waals surface area contributed by atoms with Gasteiger partial charge in [0, 0.05) is 37.2 Å². The first-order valence-electron chi connectivity index (χ1n) is 14.8. The van der Waals surface area contributed by atoms with Crippen molar-refractivity contribution in [3.8, 4) is 5.75 Å². The van der Waals surface area contributed by atoms with Gasteiger partial charge in [-0.25, -0.2) is 8.42 Å². The molecule has 0 spiro atoms. The minimum atomic E-state index is -4.02. The van der Waals surface area contributed by atoms with Crippen LogP contribution in [-0.2, 0) is 30.7 Å². The maximum atomic E-state index is 13.9. The van der Waals surface area contributed by atoms with E-state index in [1.165, 1.54) is 16.4 Å². The summed E-state index contributed by atoms with van der Waals surface area (Å²) in [5.41, 5.74) is 0.909. The Labute approximate surface area is 258 Å². The normalized spacial score (nSPS) is 20.5. The van der Waals surface area contributed by atoms with Gasteiger partial charge in [-0.3, -0.25) is 9.59 Å². The molecule has 2 heterocycles. The Kier molecular flexibility index (Phi) is 12.3. The number of amides is 1. The molecule has 2 saturated heterocycles. The largest absolute Gasteiger partial charge is 0.465 e. The van der Waals surface area contributed by atoms with Gasteiger partial charge in [-0.15, -0.1) is 0 Å². The molecule has 4 rings (SSSR count). The highest BCUT2D eigenvalue weighted by Crippen LogP contribution is 2.27. The van der Waals surface area contributed by atoms with Gasteiger partial charge < -0.3 is 24.6 Å². The van der Waals surface area contributed by atoms with Crippen molar-refractivity contribution in [1.82, 2.24) is 9.62 Å². The van der Waals surface area contributed by atoms with Gasteiger partial charge in [0.15, 0.2) is 6.29 Å². The second-order valence-corrected chi connectivity index (χ2v) is 14.4. The molecule has 0 bridgehead atoms. The molecular formula is C31H42N2O8S2. The highest BCUT2D eigenvalue weighted by Gasteiger charge is 2.33. The predicted octanol–water partition coefficient (Wildman–Crippen LogP) is 4.22. The zero-order valence-corrected chi connectivity index (χ0v) is 26.4. The molecule has 10 nitrogen and oxygen atoms in total. The number of nitrogens with one attached hydrogen (secondary N) is 1. The number of carbonyl (C=O) groups excluding carboxylic acids is 2. The highest BCUT2D eigenvalue weighted by molar-refractivity contribution is 8.14. The molecule has 2 aliphatic heterocycles. The Balaban J connectivity index is 1.49. The number of thioether (sulfide) groups is 1. The maximum Gasteiger partial charge on any atom is 0.306 e. The lowest BCUT2D eigenvalue weighted by atomic mass is 9.90. The summed E-state index contributed by atoms with van der Waals surface area (Å²) in [7, 11) is -4.02. The molecular weight excluding hydrogens is 592 g/mol. The number of carbonyl (C=O) groups is 2. The average Bonchev–Trinajstić information content (AvgIpc) is 3.41. The van der Waals surface area contributed by atoms with Crippen LogP contribution in [0.5, 0.6) is 5.75 Å². The number of aliphatic hydroxyl groups is 1. The van der Waals surface area contributed by atoms with Gasteiger partial charge in [-0.1, -0.05) is 62.0 Å². The van der Waals surface area contributed by atoms with Gasteiger partial charge in [-0.05, 0) is 42.9 Å². The predicted molar refractivity (Wildman–Crippen MR) is 164 cm³/mol. The van der Waals surface area contributed by atoms with Gasteiger partial charge in [-0.2, -0.15) is 4.31 Å². The van der Waals surface area contributed by atoms with Gasteiger partial charge in [0.2, 0.25) is 10.0 Å². The highest BCUT2D eigenvalue weighted by atomic mass is 32.2. The molecule has 1 amide bonds. The van der Waals surface area contributed by atoms with Crippen LogP contribution >= 0.6 is 11.8 Å². The van der Waals surface area contributed by atoms with E-state index in [1.54, 1.807) is 12.1 Å². The summed E-state index contributed by atoms with van der Waals surface area (Å²) < 4.78 is 46.1. The summed E-state index contributed by atoms with van der Waals surface area (Å²) in [4.78, 5) is 24.4. The lowest BCUT2D eigenvalue weighted by molar-refractivity contribution is -0.146. The molecule has 2 aliphatic rings. The van der Waals surface area contributed by atoms with E-state index in [9.17, 15) is 23.1 Å². The van der Waals surface area contributed by atoms with Crippen LogP contribution in [0.15, 0.2) is 59.5 Å². The summed E-state index contributed by atoms with van der Waals surface area (Å²) in [5, 5.41) is 14.1. The monoisotopic (exact) mass is 634 g/mol. The van der Waals surface area contributed by atoms with E-state index >= 15 is 0 Å². The zero-order valence-electron chi connectivity index (χ0n) is 24.7. The van der Waals surface area contributed by atoms with Crippen LogP contribution in [0.3, 0.4) is 0 Å².